The van der Waals surface area contributed by atoms with Gasteiger partial charge in [0, 0.05) is 25.2 Å². The summed E-state index contributed by atoms with van der Waals surface area (Å²) in [6.07, 6.45) is 0.468. The molecule has 35 heavy (non-hydrogen) atoms. The maximum atomic E-state index is 12.6. The van der Waals surface area contributed by atoms with Gasteiger partial charge in [-0.3, -0.25) is 4.79 Å². The van der Waals surface area contributed by atoms with Crippen LogP contribution in [0.25, 0.3) is 0 Å². The number of benzene rings is 3. The third kappa shape index (κ3) is 7.59. The molecule has 0 radical (unpaired) electrons. The van der Waals surface area contributed by atoms with E-state index >= 15 is 0 Å². The van der Waals surface area contributed by atoms with Crippen LogP contribution in [0.3, 0.4) is 0 Å². The lowest BCUT2D eigenvalue weighted by molar-refractivity contribution is -0.915. The summed E-state index contributed by atoms with van der Waals surface area (Å²) < 4.78 is 0.853. The molecule has 0 unspecified atom stereocenters. The largest absolute Gasteiger partial charge is 0.367 e. The van der Waals surface area contributed by atoms with Crippen LogP contribution < -0.4 is 4.90 Å². The van der Waals surface area contributed by atoms with Crippen molar-refractivity contribution in [1.82, 2.24) is 0 Å². The van der Waals surface area contributed by atoms with Crippen LogP contribution in [0, 0.1) is 0 Å². The number of ketones is 1. The summed E-state index contributed by atoms with van der Waals surface area (Å²) in [7, 11) is 0. The van der Waals surface area contributed by atoms with Gasteiger partial charge >= 0.3 is 0 Å². The predicted octanol–water partition coefficient (Wildman–Crippen LogP) is 7.12. The lowest BCUT2D eigenvalue weighted by atomic mass is 10.1. The minimum Gasteiger partial charge on any atom is -0.367 e. The lowest BCUT2D eigenvalue weighted by Gasteiger charge is -2.35. The van der Waals surface area contributed by atoms with E-state index in [1.807, 2.05) is 42.5 Å². The summed E-state index contributed by atoms with van der Waals surface area (Å²) in [5.41, 5.74) is 5.09. The zero-order valence-electron chi connectivity index (χ0n) is 21.7. The first-order valence-electron chi connectivity index (χ1n) is 12.8. The lowest BCUT2D eigenvalue weighted by Crippen LogP contribution is -2.51. The van der Waals surface area contributed by atoms with Crippen LogP contribution in [0.2, 0.25) is 0 Å². The molecular weight excluding hydrogens is 432 g/mol. The standard InChI is InChI=1S/C30H39N4O/c1-5-33(23-26-12-10-9-11-13-26)29-20-18-28(19-21-29)32-31-27-16-14-25(15-17-27)22-30(35)24-34(6-2,7-3)8-4/h9-21H,5-8,22-24H2,1-4H3/q+1. The molecular formula is C30H39N4O+. The molecule has 3 aromatic rings. The number of carbonyl (C=O) groups is 1. The number of rotatable bonds is 13. The Labute approximate surface area is 210 Å². The van der Waals surface area contributed by atoms with Gasteiger partial charge in [-0.25, -0.2) is 0 Å². The fourth-order valence-corrected chi connectivity index (χ4v) is 4.38. The van der Waals surface area contributed by atoms with Crippen molar-refractivity contribution in [2.45, 2.75) is 40.7 Å². The third-order valence-corrected chi connectivity index (χ3v) is 6.96. The fourth-order valence-electron chi connectivity index (χ4n) is 4.38. The highest BCUT2D eigenvalue weighted by Crippen LogP contribution is 2.24. The van der Waals surface area contributed by atoms with Crippen molar-refractivity contribution in [3.63, 3.8) is 0 Å². The summed E-state index contributed by atoms with van der Waals surface area (Å²) in [5.74, 6) is 0.290. The van der Waals surface area contributed by atoms with Crippen molar-refractivity contribution < 1.29 is 9.28 Å². The van der Waals surface area contributed by atoms with Gasteiger partial charge in [0.1, 0.15) is 6.54 Å². The molecule has 5 nitrogen and oxygen atoms in total. The van der Waals surface area contributed by atoms with E-state index in [1.165, 1.54) is 11.3 Å². The van der Waals surface area contributed by atoms with E-state index in [9.17, 15) is 4.79 Å². The molecule has 3 rings (SSSR count). The Balaban J connectivity index is 1.57. The summed E-state index contributed by atoms with van der Waals surface area (Å²) in [4.78, 5) is 15.0. The third-order valence-electron chi connectivity index (χ3n) is 6.96. The van der Waals surface area contributed by atoms with Gasteiger partial charge in [-0.15, -0.1) is 0 Å². The molecule has 0 fully saturated rings. The smallest absolute Gasteiger partial charge is 0.191 e. The Morgan fingerprint density at radius 3 is 1.77 bits per heavy atom. The number of likely N-dealkylation sites (N-methyl/N-ethyl adjacent to an activating group) is 1. The molecule has 0 saturated carbocycles. The first-order valence-corrected chi connectivity index (χ1v) is 12.8. The minimum atomic E-state index is 0.290. The van der Waals surface area contributed by atoms with E-state index in [0.29, 0.717) is 18.7 Å². The summed E-state index contributed by atoms with van der Waals surface area (Å²) in [5, 5.41) is 8.78. The number of quaternary nitrogens is 1. The first kappa shape index (κ1) is 26.3. The molecule has 0 aliphatic rings. The van der Waals surface area contributed by atoms with E-state index in [0.717, 1.165) is 54.1 Å². The highest BCUT2D eigenvalue weighted by molar-refractivity contribution is 5.82. The van der Waals surface area contributed by atoms with Crippen molar-refractivity contribution in [2.75, 3.05) is 37.6 Å². The van der Waals surface area contributed by atoms with Crippen molar-refractivity contribution in [2.24, 2.45) is 10.2 Å². The van der Waals surface area contributed by atoms with E-state index in [4.69, 9.17) is 0 Å². The molecule has 5 heteroatoms. The topological polar surface area (TPSA) is 45.0 Å². The summed E-state index contributed by atoms with van der Waals surface area (Å²) in [6.45, 7) is 14.0. The quantitative estimate of drug-likeness (QED) is 0.197. The van der Waals surface area contributed by atoms with Crippen LogP contribution in [-0.4, -0.2) is 43.0 Å². The number of anilines is 1. The number of nitrogens with zero attached hydrogens (tertiary/aromatic N) is 4. The van der Waals surface area contributed by atoms with Crippen LogP contribution in [0.1, 0.15) is 38.8 Å². The first-order chi connectivity index (χ1) is 17.0. The van der Waals surface area contributed by atoms with Gasteiger partial charge in [0.25, 0.3) is 0 Å². The Bertz CT molecular complexity index is 1060. The van der Waals surface area contributed by atoms with E-state index in [1.54, 1.807) is 0 Å². The van der Waals surface area contributed by atoms with Crippen molar-refractivity contribution in [3.8, 4) is 0 Å². The van der Waals surface area contributed by atoms with Crippen molar-refractivity contribution in [1.29, 1.82) is 0 Å². The van der Waals surface area contributed by atoms with Crippen LogP contribution >= 0.6 is 0 Å². The average Bonchev–Trinajstić information content (AvgIpc) is 2.91. The van der Waals surface area contributed by atoms with E-state index in [-0.39, 0.29) is 0 Å². The molecule has 184 valence electrons. The number of carbonyl (C=O) groups excluding carboxylic acids is 1. The number of hydrogen-bond acceptors (Lipinski definition) is 4. The Morgan fingerprint density at radius 1 is 0.714 bits per heavy atom. The molecule has 0 amide bonds. The normalized spacial score (nSPS) is 11.7. The average molecular weight is 472 g/mol. The van der Waals surface area contributed by atoms with Crippen molar-refractivity contribution >= 4 is 22.8 Å². The highest BCUT2D eigenvalue weighted by atomic mass is 16.1. The Kier molecular flexibility index (Phi) is 9.74. The van der Waals surface area contributed by atoms with Gasteiger partial charge < -0.3 is 9.38 Å². The molecule has 0 spiro atoms. The molecule has 0 aliphatic carbocycles. The molecule has 0 N–H and O–H groups in total. The van der Waals surface area contributed by atoms with Gasteiger partial charge in [0.15, 0.2) is 5.78 Å². The van der Waals surface area contributed by atoms with Crippen LogP contribution in [-0.2, 0) is 17.8 Å². The second kappa shape index (κ2) is 13.0. The highest BCUT2D eigenvalue weighted by Gasteiger charge is 2.24. The monoisotopic (exact) mass is 471 g/mol. The summed E-state index contributed by atoms with van der Waals surface area (Å²) >= 11 is 0. The van der Waals surface area contributed by atoms with Gasteiger partial charge in [0.2, 0.25) is 0 Å². The molecule has 0 aliphatic heterocycles. The van der Waals surface area contributed by atoms with Crippen molar-refractivity contribution in [3.05, 3.63) is 90.0 Å². The zero-order valence-corrected chi connectivity index (χ0v) is 21.7. The second-order valence-corrected chi connectivity index (χ2v) is 9.05. The van der Waals surface area contributed by atoms with Crippen LogP contribution in [0.5, 0.6) is 0 Å². The van der Waals surface area contributed by atoms with Crippen LogP contribution in [0.15, 0.2) is 89.1 Å². The van der Waals surface area contributed by atoms with Gasteiger partial charge in [0.05, 0.1) is 31.0 Å². The van der Waals surface area contributed by atoms with Gasteiger partial charge in [-0.1, -0.05) is 42.5 Å². The molecule has 0 bridgehead atoms. The minimum absolute atomic E-state index is 0.290. The summed E-state index contributed by atoms with van der Waals surface area (Å²) in [6, 6.07) is 26.5. The molecule has 0 aromatic heterocycles. The number of hydrogen-bond donors (Lipinski definition) is 0. The number of Topliss-reactive ketones (excluding diaryl/α,β-unsaturated/α-hetero) is 1. The van der Waals surface area contributed by atoms with E-state index < -0.39 is 0 Å². The predicted molar refractivity (Wildman–Crippen MR) is 146 cm³/mol. The molecule has 0 saturated heterocycles. The molecule has 3 aromatic carbocycles. The molecule has 0 atom stereocenters. The van der Waals surface area contributed by atoms with Crippen LogP contribution in [0.4, 0.5) is 17.1 Å². The Hall–Kier alpha value is -3.31. The molecule has 0 heterocycles. The van der Waals surface area contributed by atoms with Gasteiger partial charge in [-0.05, 0) is 75.2 Å². The number of azo groups is 1. The SMILES string of the molecule is CCN(Cc1ccccc1)c1ccc(N=Nc2ccc(CC(=O)C[N+](CC)(CC)CC)cc2)cc1. The zero-order chi connectivity index (χ0) is 25.1. The fraction of sp³-hybridized carbons (Fsp3) is 0.367. The maximum absolute atomic E-state index is 12.6. The van der Waals surface area contributed by atoms with Gasteiger partial charge in [-0.2, -0.15) is 10.2 Å². The van der Waals surface area contributed by atoms with E-state index in [2.05, 4.69) is 79.2 Å². The maximum Gasteiger partial charge on any atom is 0.191 e. The second-order valence-electron chi connectivity index (χ2n) is 9.05. The Morgan fingerprint density at radius 2 is 1.26 bits per heavy atom.